The van der Waals surface area contributed by atoms with Crippen molar-refractivity contribution >= 4 is 19.5 Å². The van der Waals surface area contributed by atoms with Crippen LogP contribution in [0, 0.1) is 0 Å². The molecule has 0 radical (unpaired) electrons. The maximum atomic E-state index is 4.12. The summed E-state index contributed by atoms with van der Waals surface area (Å²) >= 11 is 0.557. The van der Waals surface area contributed by atoms with Gasteiger partial charge in [0.2, 0.25) is 0 Å². The van der Waals surface area contributed by atoms with Gasteiger partial charge in [-0.3, -0.25) is 0 Å². The van der Waals surface area contributed by atoms with Crippen LogP contribution < -0.4 is 4.59 Å². The van der Waals surface area contributed by atoms with E-state index in [0.29, 0.717) is 15.0 Å². The third kappa shape index (κ3) is 1.32. The van der Waals surface area contributed by atoms with Crippen LogP contribution in [0.2, 0.25) is 5.82 Å². The molecule has 1 aromatic rings. The molecule has 0 atom stereocenters. The number of nitrogens with zero attached hydrogens (tertiary/aromatic N) is 1. The molecule has 0 N–H and O–H groups in total. The van der Waals surface area contributed by atoms with Gasteiger partial charge in [0.1, 0.15) is 0 Å². The summed E-state index contributed by atoms with van der Waals surface area (Å²) in [5.74, 6) is 2.16. The number of aromatic nitrogens is 1. The van der Waals surface area contributed by atoms with E-state index in [2.05, 4.69) is 16.9 Å². The Morgan fingerprint density at radius 1 is 1.50 bits per heavy atom. The van der Waals surface area contributed by atoms with Gasteiger partial charge in [0.05, 0.1) is 0 Å². The Balaban J connectivity index is 2.83. The van der Waals surface area contributed by atoms with Crippen molar-refractivity contribution in [3.63, 3.8) is 0 Å². The average molecular weight is 172 g/mol. The van der Waals surface area contributed by atoms with Crippen molar-refractivity contribution in [3.8, 4) is 0 Å². The second-order valence-corrected chi connectivity index (χ2v) is 3.11. The first-order chi connectivity index (χ1) is 3.93. The number of rotatable bonds is 1. The van der Waals surface area contributed by atoms with Crippen LogP contribution in [-0.2, 0) is 0 Å². The van der Waals surface area contributed by atoms with Crippen LogP contribution in [0.15, 0.2) is 24.4 Å². The molecule has 0 bridgehead atoms. The molecule has 0 saturated heterocycles. The molecule has 1 aromatic heterocycles. The Hall–Kier alpha value is -0.331. The molecule has 0 spiro atoms. The van der Waals surface area contributed by atoms with Gasteiger partial charge in [-0.25, -0.2) is 0 Å². The Labute approximate surface area is 55.3 Å². The Bertz CT molecular complexity index is 150. The average Bonchev–Trinajstić information content (AvgIpc) is 1.90. The van der Waals surface area contributed by atoms with E-state index in [1.54, 1.807) is 0 Å². The van der Waals surface area contributed by atoms with Crippen LogP contribution in [0.1, 0.15) is 0 Å². The van der Waals surface area contributed by atoms with E-state index in [-0.39, 0.29) is 0 Å². The first-order valence-corrected chi connectivity index (χ1v) is 4.95. The van der Waals surface area contributed by atoms with Gasteiger partial charge in [0, 0.05) is 0 Å². The number of pyridine rings is 1. The van der Waals surface area contributed by atoms with E-state index in [1.807, 2.05) is 18.3 Å². The van der Waals surface area contributed by atoms with Gasteiger partial charge in [0.25, 0.3) is 0 Å². The molecule has 0 saturated carbocycles. The van der Waals surface area contributed by atoms with Crippen LogP contribution >= 0.6 is 0 Å². The minimum absolute atomic E-state index is 0.557. The van der Waals surface area contributed by atoms with E-state index in [4.69, 9.17) is 0 Å². The summed E-state index contributed by atoms with van der Waals surface area (Å²) in [6.45, 7) is 0. The maximum absolute atomic E-state index is 4.12. The third-order valence-corrected chi connectivity index (χ3v) is 2.23. The molecule has 0 fully saturated rings. The SMILES string of the molecule is C[Se]c1ccccn1. The second kappa shape index (κ2) is 2.85. The summed E-state index contributed by atoms with van der Waals surface area (Å²) in [5.41, 5.74) is 0. The van der Waals surface area contributed by atoms with Crippen LogP contribution in [0.5, 0.6) is 0 Å². The second-order valence-electron chi connectivity index (χ2n) is 1.37. The van der Waals surface area contributed by atoms with Crippen molar-refractivity contribution in [1.29, 1.82) is 0 Å². The summed E-state index contributed by atoms with van der Waals surface area (Å²) in [6, 6.07) is 6.02. The number of hydrogen-bond acceptors (Lipinski definition) is 1. The fourth-order valence-electron chi connectivity index (χ4n) is 0.468. The normalized spacial score (nSPS) is 9.12. The summed E-state index contributed by atoms with van der Waals surface area (Å²) in [5, 5.41) is 0. The van der Waals surface area contributed by atoms with Gasteiger partial charge in [-0.2, -0.15) is 0 Å². The van der Waals surface area contributed by atoms with Gasteiger partial charge < -0.3 is 0 Å². The van der Waals surface area contributed by atoms with Gasteiger partial charge in [-0.15, -0.1) is 0 Å². The topological polar surface area (TPSA) is 12.9 Å². The fourth-order valence-corrected chi connectivity index (χ4v) is 1.27. The van der Waals surface area contributed by atoms with Crippen LogP contribution in [-0.4, -0.2) is 19.9 Å². The van der Waals surface area contributed by atoms with E-state index in [1.165, 1.54) is 4.59 Å². The molecular weight excluding hydrogens is 165 g/mol. The first-order valence-electron chi connectivity index (χ1n) is 2.38. The first kappa shape index (κ1) is 5.80. The molecule has 2 heteroatoms. The van der Waals surface area contributed by atoms with Crippen molar-refractivity contribution < 1.29 is 0 Å². The zero-order chi connectivity index (χ0) is 5.82. The Morgan fingerprint density at radius 2 is 2.38 bits per heavy atom. The molecule has 1 heterocycles. The van der Waals surface area contributed by atoms with Gasteiger partial charge >= 0.3 is 54.8 Å². The van der Waals surface area contributed by atoms with Crippen molar-refractivity contribution in [2.24, 2.45) is 0 Å². The quantitative estimate of drug-likeness (QED) is 0.561. The fraction of sp³-hybridized carbons (Fsp3) is 0.167. The van der Waals surface area contributed by atoms with Gasteiger partial charge in [-0.1, -0.05) is 0 Å². The molecule has 0 aliphatic carbocycles. The van der Waals surface area contributed by atoms with Gasteiger partial charge in [0.15, 0.2) is 0 Å². The molecule has 1 nitrogen and oxygen atoms in total. The summed E-state index contributed by atoms with van der Waals surface area (Å²) in [6.07, 6.45) is 1.83. The van der Waals surface area contributed by atoms with Crippen LogP contribution in [0.25, 0.3) is 0 Å². The van der Waals surface area contributed by atoms with Gasteiger partial charge in [-0.05, 0) is 0 Å². The van der Waals surface area contributed by atoms with E-state index >= 15 is 0 Å². The monoisotopic (exact) mass is 173 g/mol. The van der Waals surface area contributed by atoms with E-state index in [0.717, 1.165) is 0 Å². The molecule has 1 rings (SSSR count). The van der Waals surface area contributed by atoms with Crippen LogP contribution in [0.4, 0.5) is 0 Å². The predicted octanol–water partition coefficient (Wildman–Crippen LogP) is 0.459. The molecule has 0 aromatic carbocycles. The Morgan fingerprint density at radius 3 is 2.75 bits per heavy atom. The Kier molecular flexibility index (Phi) is 2.07. The molecule has 42 valence electrons. The molecular formula is C6H7NSe. The predicted molar refractivity (Wildman–Crippen MR) is 35.5 cm³/mol. The zero-order valence-corrected chi connectivity index (χ0v) is 6.38. The molecule has 0 unspecified atom stereocenters. The van der Waals surface area contributed by atoms with E-state index in [9.17, 15) is 0 Å². The molecule has 8 heavy (non-hydrogen) atoms. The molecule has 0 aliphatic rings. The summed E-state index contributed by atoms with van der Waals surface area (Å²) in [7, 11) is 0. The minimum atomic E-state index is 0.557. The summed E-state index contributed by atoms with van der Waals surface area (Å²) in [4.78, 5) is 4.12. The third-order valence-electron chi connectivity index (χ3n) is 0.847. The molecule has 0 aliphatic heterocycles. The van der Waals surface area contributed by atoms with Crippen LogP contribution in [0.3, 0.4) is 0 Å². The van der Waals surface area contributed by atoms with Crippen molar-refractivity contribution in [3.05, 3.63) is 24.4 Å². The van der Waals surface area contributed by atoms with Crippen molar-refractivity contribution in [2.75, 3.05) is 0 Å². The molecule has 0 amide bonds. The van der Waals surface area contributed by atoms with Crippen molar-refractivity contribution in [2.45, 2.75) is 5.82 Å². The van der Waals surface area contributed by atoms with E-state index < -0.39 is 0 Å². The standard InChI is InChI=1S/C6H7NSe/c1-8-6-4-2-3-5-7-6/h2-5H,1H3. The number of hydrogen-bond donors (Lipinski definition) is 0. The zero-order valence-electron chi connectivity index (χ0n) is 4.66. The van der Waals surface area contributed by atoms with Crippen molar-refractivity contribution in [1.82, 2.24) is 4.98 Å². The summed E-state index contributed by atoms with van der Waals surface area (Å²) < 4.78 is 1.22.